The zero-order valence-corrected chi connectivity index (χ0v) is 19.4. The first-order valence-electron chi connectivity index (χ1n) is 12.1. The monoisotopic (exact) mass is 461 g/mol. The van der Waals surface area contributed by atoms with E-state index in [9.17, 15) is 9.59 Å². The molecule has 2 aromatic rings. The Balaban J connectivity index is 1.18. The van der Waals surface area contributed by atoms with Crippen LogP contribution in [0.2, 0.25) is 0 Å². The third-order valence-electron chi connectivity index (χ3n) is 6.84. The fourth-order valence-corrected chi connectivity index (χ4v) is 4.91. The van der Waals surface area contributed by atoms with Crippen molar-refractivity contribution in [2.75, 3.05) is 26.2 Å². The zero-order chi connectivity index (χ0) is 23.5. The molecule has 7 nitrogen and oxygen atoms in total. The fraction of sp³-hybridized carbons (Fsp3) is 0.407. The van der Waals surface area contributed by atoms with Gasteiger partial charge in [-0.1, -0.05) is 24.8 Å². The third-order valence-corrected chi connectivity index (χ3v) is 6.84. The van der Waals surface area contributed by atoms with Gasteiger partial charge in [0.25, 0.3) is 5.91 Å². The number of benzene rings is 2. The number of hydrogen-bond acceptors (Lipinski definition) is 5. The van der Waals surface area contributed by atoms with E-state index in [4.69, 9.17) is 9.47 Å². The number of nitrogens with one attached hydrogen (secondary N) is 1. The minimum atomic E-state index is -0.476. The Bertz CT molecular complexity index is 1080. The molecule has 34 heavy (non-hydrogen) atoms. The summed E-state index contributed by atoms with van der Waals surface area (Å²) in [6, 6.07) is 13.0. The highest BCUT2D eigenvalue weighted by Crippen LogP contribution is 2.34. The van der Waals surface area contributed by atoms with E-state index in [2.05, 4.69) is 16.8 Å². The van der Waals surface area contributed by atoms with Crippen LogP contribution in [0.4, 0.5) is 0 Å². The van der Waals surface area contributed by atoms with Crippen LogP contribution in [-0.4, -0.2) is 53.9 Å². The number of carbonyl (C=O) groups excluding carboxylic acids is 2. The van der Waals surface area contributed by atoms with Crippen molar-refractivity contribution in [2.24, 2.45) is 0 Å². The highest BCUT2D eigenvalue weighted by atomic mass is 16.5. The molecular formula is C27H31N3O4. The molecule has 0 radical (unpaired) electrons. The van der Waals surface area contributed by atoms with Gasteiger partial charge in [-0.3, -0.25) is 14.5 Å². The Kier molecular flexibility index (Phi) is 6.54. The maximum atomic E-state index is 13.0. The number of hydrogen-bond donors (Lipinski definition) is 1. The number of carbonyl (C=O) groups is 2. The molecule has 178 valence electrons. The van der Waals surface area contributed by atoms with Crippen LogP contribution in [0.3, 0.4) is 0 Å². The smallest absolute Gasteiger partial charge is 0.255 e. The maximum Gasteiger partial charge on any atom is 0.255 e. The van der Waals surface area contributed by atoms with Gasteiger partial charge < -0.3 is 19.7 Å². The van der Waals surface area contributed by atoms with Crippen LogP contribution in [0.15, 0.2) is 54.7 Å². The molecule has 3 aliphatic heterocycles. The van der Waals surface area contributed by atoms with Gasteiger partial charge in [0.1, 0.15) is 30.8 Å². The molecule has 0 saturated carbocycles. The van der Waals surface area contributed by atoms with Crippen LogP contribution < -0.4 is 14.8 Å². The van der Waals surface area contributed by atoms with Crippen molar-refractivity contribution in [1.82, 2.24) is 15.1 Å². The zero-order valence-electron chi connectivity index (χ0n) is 19.4. The predicted octanol–water partition coefficient (Wildman–Crippen LogP) is 3.49. The lowest BCUT2D eigenvalue weighted by Gasteiger charge is -2.31. The minimum absolute atomic E-state index is 0.122. The van der Waals surface area contributed by atoms with Gasteiger partial charge in [0, 0.05) is 23.4 Å². The molecule has 1 unspecified atom stereocenters. The minimum Gasteiger partial charge on any atom is -0.492 e. The number of likely N-dealkylation sites (tertiary alicyclic amines) is 1. The van der Waals surface area contributed by atoms with Gasteiger partial charge in [-0.2, -0.15) is 0 Å². The van der Waals surface area contributed by atoms with Crippen LogP contribution in [0.5, 0.6) is 11.5 Å². The van der Waals surface area contributed by atoms with E-state index in [-0.39, 0.29) is 11.8 Å². The number of ether oxygens (including phenoxy) is 2. The first kappa shape index (κ1) is 22.5. The second kappa shape index (κ2) is 9.89. The van der Waals surface area contributed by atoms with Crippen LogP contribution in [-0.2, 0) is 17.9 Å². The van der Waals surface area contributed by atoms with Crippen molar-refractivity contribution in [3.05, 3.63) is 71.4 Å². The Hall–Kier alpha value is -3.32. The van der Waals surface area contributed by atoms with E-state index >= 15 is 0 Å². The van der Waals surface area contributed by atoms with E-state index in [1.165, 1.54) is 25.9 Å². The molecule has 2 fully saturated rings. The summed E-state index contributed by atoms with van der Waals surface area (Å²) < 4.78 is 12.0. The van der Waals surface area contributed by atoms with Gasteiger partial charge in [-0.15, -0.1) is 0 Å². The number of nitrogens with zero attached hydrogens (tertiary/aromatic N) is 2. The maximum absolute atomic E-state index is 13.0. The molecule has 0 spiro atoms. The highest BCUT2D eigenvalue weighted by Gasteiger charge is 2.39. The van der Waals surface area contributed by atoms with Crippen LogP contribution in [0, 0.1) is 0 Å². The van der Waals surface area contributed by atoms with E-state index in [1.54, 1.807) is 11.0 Å². The average molecular weight is 462 g/mol. The Morgan fingerprint density at radius 3 is 2.59 bits per heavy atom. The molecule has 0 aromatic heterocycles. The summed E-state index contributed by atoms with van der Waals surface area (Å²) in [5.41, 5.74) is 3.18. The molecule has 2 saturated heterocycles. The Morgan fingerprint density at radius 2 is 1.82 bits per heavy atom. The molecule has 1 atom stereocenters. The van der Waals surface area contributed by atoms with Gasteiger partial charge in [-0.25, -0.2) is 0 Å². The van der Waals surface area contributed by atoms with Gasteiger partial charge >= 0.3 is 0 Å². The van der Waals surface area contributed by atoms with Crippen molar-refractivity contribution in [1.29, 1.82) is 0 Å². The lowest BCUT2D eigenvalue weighted by molar-refractivity contribution is -0.126. The molecule has 0 aliphatic carbocycles. The van der Waals surface area contributed by atoms with E-state index in [0.29, 0.717) is 49.6 Å². The number of rotatable bonds is 8. The molecule has 1 N–H and O–H groups in total. The molecule has 3 aliphatic rings. The molecule has 2 aromatic carbocycles. The van der Waals surface area contributed by atoms with Crippen LogP contribution in [0.1, 0.15) is 47.2 Å². The van der Waals surface area contributed by atoms with E-state index < -0.39 is 6.04 Å². The molecule has 7 heteroatoms. The number of allylic oxidation sites excluding steroid dienone is 1. The second-order valence-electron chi connectivity index (χ2n) is 9.19. The predicted molar refractivity (Wildman–Crippen MR) is 129 cm³/mol. The first-order chi connectivity index (χ1) is 16.6. The van der Waals surface area contributed by atoms with Gasteiger partial charge in [0.05, 0.1) is 6.54 Å². The average Bonchev–Trinajstić information content (AvgIpc) is 3.47. The quantitative estimate of drug-likeness (QED) is 0.652. The number of amides is 2. The van der Waals surface area contributed by atoms with Gasteiger partial charge in [0.15, 0.2) is 0 Å². The summed E-state index contributed by atoms with van der Waals surface area (Å²) in [4.78, 5) is 29.5. The lowest BCUT2D eigenvalue weighted by atomic mass is 10.0. The Labute approximate surface area is 200 Å². The summed E-state index contributed by atoms with van der Waals surface area (Å²) in [7, 11) is 0. The van der Waals surface area contributed by atoms with Crippen LogP contribution in [0.25, 0.3) is 0 Å². The van der Waals surface area contributed by atoms with Gasteiger partial charge in [0.2, 0.25) is 5.91 Å². The highest BCUT2D eigenvalue weighted by molar-refractivity contribution is 6.02. The molecule has 0 bridgehead atoms. The topological polar surface area (TPSA) is 71.1 Å². The molecule has 3 heterocycles. The normalized spacial score (nSPS) is 20.4. The molecule has 5 rings (SSSR count). The largest absolute Gasteiger partial charge is 0.492 e. The second-order valence-corrected chi connectivity index (χ2v) is 9.19. The third kappa shape index (κ3) is 4.80. The van der Waals surface area contributed by atoms with Crippen molar-refractivity contribution in [3.63, 3.8) is 0 Å². The SMILES string of the molecule is C=C1CCC(N2Cc3c(OCc4ccc(OCCN5CCCC5)cc4)cccc3C2=O)C(=O)N1. The first-order valence-corrected chi connectivity index (χ1v) is 12.1. The number of fused-ring (bicyclic) bond motifs is 1. The number of piperidine rings is 1. The molecular weight excluding hydrogens is 430 g/mol. The Morgan fingerprint density at radius 1 is 1.03 bits per heavy atom. The summed E-state index contributed by atoms with van der Waals surface area (Å²) in [6.45, 7) is 8.61. The van der Waals surface area contributed by atoms with Crippen molar-refractivity contribution in [2.45, 2.75) is 44.9 Å². The lowest BCUT2D eigenvalue weighted by Crippen LogP contribution is -2.49. The summed E-state index contributed by atoms with van der Waals surface area (Å²) in [5.74, 6) is 1.25. The standard InChI is InChI=1S/C27H31N3O4/c1-19-7-12-24(26(31)28-19)30-17-23-22(27(30)32)5-4-6-25(23)34-18-20-8-10-21(11-9-20)33-16-15-29-13-2-3-14-29/h4-6,8-11,24H,1-3,7,12-18H2,(H,28,31). The molecule has 2 amide bonds. The van der Waals surface area contributed by atoms with Crippen molar-refractivity contribution in [3.8, 4) is 11.5 Å². The fourth-order valence-electron chi connectivity index (χ4n) is 4.91. The van der Waals surface area contributed by atoms with Gasteiger partial charge in [-0.05, 0) is 68.6 Å². The van der Waals surface area contributed by atoms with Crippen LogP contribution >= 0.6 is 0 Å². The van der Waals surface area contributed by atoms with Crippen molar-refractivity contribution >= 4 is 11.8 Å². The van der Waals surface area contributed by atoms with E-state index in [1.807, 2.05) is 36.4 Å². The van der Waals surface area contributed by atoms with Crippen molar-refractivity contribution < 1.29 is 19.1 Å². The summed E-state index contributed by atoms with van der Waals surface area (Å²) in [6.07, 6.45) is 3.85. The summed E-state index contributed by atoms with van der Waals surface area (Å²) in [5, 5.41) is 2.77. The van der Waals surface area contributed by atoms with E-state index in [0.717, 1.165) is 23.4 Å². The summed E-state index contributed by atoms with van der Waals surface area (Å²) >= 11 is 0.